The molecule has 2 rings (SSSR count). The molecule has 1 aromatic carbocycles. The van der Waals surface area contributed by atoms with Gasteiger partial charge < -0.3 is 9.47 Å². The van der Waals surface area contributed by atoms with Gasteiger partial charge in [0.05, 0.1) is 7.11 Å². The number of rotatable bonds is 2. The van der Waals surface area contributed by atoms with Gasteiger partial charge in [0.2, 0.25) is 5.78 Å². The minimum absolute atomic E-state index is 0.0420. The normalized spacial score (nSPS) is 17.0. The number of benzene rings is 1. The van der Waals surface area contributed by atoms with Gasteiger partial charge >= 0.3 is 5.97 Å². The van der Waals surface area contributed by atoms with Crippen molar-refractivity contribution in [3.05, 3.63) is 53.0 Å². The highest BCUT2D eigenvalue weighted by Crippen LogP contribution is 2.26. The third kappa shape index (κ3) is 2.18. The maximum Gasteiger partial charge on any atom is 0.345 e. The van der Waals surface area contributed by atoms with Crippen molar-refractivity contribution in [3.8, 4) is 0 Å². The zero-order chi connectivity index (χ0) is 13.1. The van der Waals surface area contributed by atoms with Crippen LogP contribution in [0.2, 0.25) is 0 Å². The molecule has 0 N–H and O–H groups in total. The zero-order valence-corrected chi connectivity index (χ0v) is 10.1. The Hall–Kier alpha value is -2.36. The molecule has 0 atom stereocenters. The van der Waals surface area contributed by atoms with Gasteiger partial charge in [-0.3, -0.25) is 4.79 Å². The number of carbonyl (C=O) groups excluding carboxylic acids is 2. The van der Waals surface area contributed by atoms with Crippen LogP contribution >= 0.6 is 0 Å². The lowest BCUT2D eigenvalue weighted by Gasteiger charge is -1.98. The molecule has 0 spiro atoms. The average Bonchev–Trinajstić information content (AvgIpc) is 2.65. The minimum Gasteiger partial charge on any atom is -0.465 e. The third-order valence-electron chi connectivity index (χ3n) is 2.55. The molecule has 0 saturated heterocycles. The van der Waals surface area contributed by atoms with E-state index >= 15 is 0 Å². The Bertz CT molecular complexity index is 552. The molecule has 18 heavy (non-hydrogen) atoms. The van der Waals surface area contributed by atoms with Gasteiger partial charge in [-0.1, -0.05) is 30.3 Å². The second-order valence-electron chi connectivity index (χ2n) is 3.77. The van der Waals surface area contributed by atoms with Crippen molar-refractivity contribution < 1.29 is 19.1 Å². The summed E-state index contributed by atoms with van der Waals surface area (Å²) in [7, 11) is 1.23. The van der Waals surface area contributed by atoms with E-state index in [4.69, 9.17) is 4.74 Å². The van der Waals surface area contributed by atoms with Crippen LogP contribution in [0.15, 0.2) is 47.4 Å². The predicted molar refractivity (Wildman–Crippen MR) is 65.2 cm³/mol. The number of esters is 1. The molecule has 0 aromatic heterocycles. The van der Waals surface area contributed by atoms with E-state index in [0.717, 1.165) is 5.56 Å². The second kappa shape index (κ2) is 4.87. The van der Waals surface area contributed by atoms with Crippen molar-refractivity contribution in [2.75, 3.05) is 7.11 Å². The van der Waals surface area contributed by atoms with E-state index in [1.165, 1.54) is 7.11 Å². The lowest BCUT2D eigenvalue weighted by molar-refractivity contribution is -0.137. The topological polar surface area (TPSA) is 52.6 Å². The van der Waals surface area contributed by atoms with Crippen LogP contribution in [-0.4, -0.2) is 18.9 Å². The Balaban J connectivity index is 2.30. The van der Waals surface area contributed by atoms with E-state index in [-0.39, 0.29) is 17.1 Å². The van der Waals surface area contributed by atoms with Crippen LogP contribution in [-0.2, 0) is 19.1 Å². The standard InChI is InChI=1S/C14H12O4/c1-9-12(14(16)17-2)13(15)11(18-9)8-10-6-4-3-5-7-10/h3-8H,1-2H3/b11-8-. The molecule has 4 nitrogen and oxygen atoms in total. The van der Waals surface area contributed by atoms with Crippen LogP contribution in [0, 0.1) is 0 Å². The molecular formula is C14H12O4. The molecule has 1 aliphatic heterocycles. The largest absolute Gasteiger partial charge is 0.465 e. The first kappa shape index (κ1) is 12.1. The first-order chi connectivity index (χ1) is 8.63. The Labute approximate surface area is 105 Å². The number of ketones is 1. The second-order valence-corrected chi connectivity index (χ2v) is 3.77. The summed E-state index contributed by atoms with van der Waals surface area (Å²) in [5.74, 6) is -0.703. The quantitative estimate of drug-likeness (QED) is 0.454. The maximum atomic E-state index is 12.0. The molecule has 1 aromatic rings. The van der Waals surface area contributed by atoms with Crippen LogP contribution in [0.5, 0.6) is 0 Å². The molecule has 0 amide bonds. The van der Waals surface area contributed by atoms with E-state index in [2.05, 4.69) is 4.74 Å². The summed E-state index contributed by atoms with van der Waals surface area (Å²) in [6.07, 6.45) is 1.60. The zero-order valence-electron chi connectivity index (χ0n) is 10.1. The lowest BCUT2D eigenvalue weighted by atomic mass is 10.1. The molecule has 1 aliphatic rings. The van der Waals surface area contributed by atoms with Crippen LogP contribution in [0.4, 0.5) is 0 Å². The van der Waals surface area contributed by atoms with Crippen LogP contribution in [0.3, 0.4) is 0 Å². The number of ether oxygens (including phenoxy) is 2. The summed E-state index contributed by atoms with van der Waals surface area (Å²) in [5.41, 5.74) is 0.791. The van der Waals surface area contributed by atoms with Gasteiger partial charge in [0.15, 0.2) is 5.76 Å². The van der Waals surface area contributed by atoms with Crippen molar-refractivity contribution in [1.82, 2.24) is 0 Å². The monoisotopic (exact) mass is 244 g/mol. The summed E-state index contributed by atoms with van der Waals surface area (Å²) < 4.78 is 9.85. The molecule has 0 saturated carbocycles. The molecule has 0 unspecified atom stereocenters. The maximum absolute atomic E-state index is 12.0. The fourth-order valence-corrected chi connectivity index (χ4v) is 1.68. The summed E-state index contributed by atoms with van der Waals surface area (Å²) in [6.45, 7) is 1.57. The van der Waals surface area contributed by atoms with Crippen LogP contribution < -0.4 is 0 Å². The molecule has 92 valence electrons. The van der Waals surface area contributed by atoms with Crippen molar-refractivity contribution in [3.63, 3.8) is 0 Å². The van der Waals surface area contributed by atoms with Gasteiger partial charge in [-0.2, -0.15) is 0 Å². The smallest absolute Gasteiger partial charge is 0.345 e. The fourth-order valence-electron chi connectivity index (χ4n) is 1.68. The minimum atomic E-state index is -0.672. The van der Waals surface area contributed by atoms with Crippen molar-refractivity contribution in [2.45, 2.75) is 6.92 Å². The molecule has 0 bridgehead atoms. The highest BCUT2D eigenvalue weighted by Gasteiger charge is 2.33. The van der Waals surface area contributed by atoms with Crippen molar-refractivity contribution in [2.24, 2.45) is 0 Å². The first-order valence-corrected chi connectivity index (χ1v) is 5.42. The third-order valence-corrected chi connectivity index (χ3v) is 2.55. The molecular weight excluding hydrogens is 232 g/mol. The van der Waals surface area contributed by atoms with Gasteiger partial charge in [-0.25, -0.2) is 4.79 Å². The number of carbonyl (C=O) groups is 2. The van der Waals surface area contributed by atoms with Gasteiger partial charge in [0, 0.05) is 0 Å². The van der Waals surface area contributed by atoms with Crippen LogP contribution in [0.1, 0.15) is 12.5 Å². The molecule has 0 fully saturated rings. The fraction of sp³-hybridized carbons (Fsp3) is 0.143. The molecule has 0 radical (unpaired) electrons. The van der Waals surface area contributed by atoms with E-state index < -0.39 is 11.8 Å². The van der Waals surface area contributed by atoms with E-state index in [1.807, 2.05) is 30.3 Å². The van der Waals surface area contributed by atoms with Gasteiger partial charge in [0.1, 0.15) is 11.3 Å². The Morgan fingerprint density at radius 3 is 2.56 bits per heavy atom. The number of hydrogen-bond donors (Lipinski definition) is 0. The molecule has 1 heterocycles. The summed E-state index contributed by atoms with van der Waals surface area (Å²) >= 11 is 0. The number of methoxy groups -OCH3 is 1. The first-order valence-electron chi connectivity index (χ1n) is 5.42. The predicted octanol–water partition coefficient (Wildman–Crippen LogP) is 2.07. The van der Waals surface area contributed by atoms with Crippen molar-refractivity contribution in [1.29, 1.82) is 0 Å². The average molecular weight is 244 g/mol. The highest BCUT2D eigenvalue weighted by molar-refractivity contribution is 6.26. The van der Waals surface area contributed by atoms with E-state index in [1.54, 1.807) is 13.0 Å². The number of Topliss-reactive ketones (excluding diaryl/α,β-unsaturated/α-hetero) is 1. The van der Waals surface area contributed by atoms with E-state index in [0.29, 0.717) is 0 Å². The number of allylic oxidation sites excluding steroid dienone is 2. The summed E-state index contributed by atoms with van der Waals surface area (Å²) in [5, 5.41) is 0. The molecule has 0 aliphatic carbocycles. The van der Waals surface area contributed by atoms with Crippen LogP contribution in [0.25, 0.3) is 6.08 Å². The summed E-state index contributed by atoms with van der Waals surface area (Å²) in [6, 6.07) is 9.27. The SMILES string of the molecule is COC(=O)C1=C(C)O/C(=C\c2ccccc2)C1=O. The van der Waals surface area contributed by atoms with Crippen molar-refractivity contribution >= 4 is 17.8 Å². The van der Waals surface area contributed by atoms with Gasteiger partial charge in [-0.15, -0.1) is 0 Å². The Morgan fingerprint density at radius 1 is 1.28 bits per heavy atom. The van der Waals surface area contributed by atoms with E-state index in [9.17, 15) is 9.59 Å². The van der Waals surface area contributed by atoms with Gasteiger partial charge in [0.25, 0.3) is 0 Å². The number of hydrogen-bond acceptors (Lipinski definition) is 4. The highest BCUT2D eigenvalue weighted by atomic mass is 16.5. The molecule has 4 heteroatoms. The summed E-state index contributed by atoms with van der Waals surface area (Å²) in [4.78, 5) is 23.4. The lowest BCUT2D eigenvalue weighted by Crippen LogP contribution is -2.12. The Kier molecular flexibility index (Phi) is 3.28. The Morgan fingerprint density at radius 2 is 1.94 bits per heavy atom. The van der Waals surface area contributed by atoms with Gasteiger partial charge in [-0.05, 0) is 18.6 Å².